The summed E-state index contributed by atoms with van der Waals surface area (Å²) in [4.78, 5) is 82.6. The molecule has 1 aliphatic rings. The fourth-order valence-electron chi connectivity index (χ4n) is 4.51. The van der Waals surface area contributed by atoms with Gasteiger partial charge in [-0.15, -0.1) is 0 Å². The van der Waals surface area contributed by atoms with E-state index in [9.17, 15) is 28.8 Å². The molecule has 0 aromatic heterocycles. The van der Waals surface area contributed by atoms with Gasteiger partial charge in [-0.2, -0.15) is 0 Å². The van der Waals surface area contributed by atoms with Crippen LogP contribution in [0.3, 0.4) is 0 Å². The molecule has 0 aliphatic carbocycles. The average Bonchev–Trinajstić information content (AvgIpc) is 2.95. The molecule has 6 N–H and O–H groups in total. The van der Waals surface area contributed by atoms with Gasteiger partial charge in [0.2, 0.25) is 23.6 Å². The number of benzene rings is 1. The van der Waals surface area contributed by atoms with Crippen LogP contribution in [0.1, 0.15) is 59.9 Å². The van der Waals surface area contributed by atoms with Crippen LogP contribution in [0.15, 0.2) is 24.3 Å². The Morgan fingerprint density at radius 2 is 1.32 bits per heavy atom. The van der Waals surface area contributed by atoms with Crippen LogP contribution in [0.2, 0.25) is 0 Å². The van der Waals surface area contributed by atoms with E-state index in [1.165, 1.54) is 12.1 Å². The Balaban J connectivity index is 2.40. The molecule has 1 saturated heterocycles. The third-order valence-corrected chi connectivity index (χ3v) is 6.78. The molecule has 1 heterocycles. The maximum Gasteiger partial charge on any atom is 0.329 e. The summed E-state index contributed by atoms with van der Waals surface area (Å²) in [5, 5.41) is 21.6. The van der Waals surface area contributed by atoms with Gasteiger partial charge in [-0.1, -0.05) is 53.7 Å². The van der Waals surface area contributed by atoms with Crippen LogP contribution < -0.4 is 31.5 Å². The summed E-state index contributed by atoms with van der Waals surface area (Å²) >= 11 is 0. The normalized spacial score (nSPS) is 23.1. The van der Waals surface area contributed by atoms with Crippen molar-refractivity contribution in [3.63, 3.8) is 0 Å². The minimum absolute atomic E-state index is 0.000734. The first-order chi connectivity index (χ1) is 20.7. The van der Waals surface area contributed by atoms with Gasteiger partial charge in [-0.05, 0) is 48.3 Å². The highest BCUT2D eigenvalue weighted by atomic mass is 17.1. The summed E-state index contributed by atoms with van der Waals surface area (Å²) in [7, 11) is 0. The highest BCUT2D eigenvalue weighted by molar-refractivity contribution is 5.95. The lowest BCUT2D eigenvalue weighted by atomic mass is 10.0. The Labute approximate surface area is 257 Å². The largest absolute Gasteiger partial charge is 0.451 e. The topological polar surface area (TPSA) is 201 Å². The second-order valence-corrected chi connectivity index (χ2v) is 12.0. The maximum absolute atomic E-state index is 13.3. The lowest BCUT2D eigenvalue weighted by Gasteiger charge is -2.27. The molecule has 1 aromatic carbocycles. The number of cyclic esters (lactones) is 1. The fourth-order valence-corrected chi connectivity index (χ4v) is 4.51. The van der Waals surface area contributed by atoms with Crippen LogP contribution in [0, 0.1) is 17.8 Å². The zero-order valence-electron chi connectivity index (χ0n) is 26.1. The molecule has 4 unspecified atom stereocenters. The van der Waals surface area contributed by atoms with Crippen molar-refractivity contribution in [3.05, 3.63) is 29.8 Å². The Morgan fingerprint density at radius 1 is 0.750 bits per heavy atom. The Bertz CT molecular complexity index is 1170. The first-order valence-corrected chi connectivity index (χ1v) is 14.7. The molecule has 2 rings (SSSR count). The van der Waals surface area contributed by atoms with Gasteiger partial charge in [-0.25, -0.2) is 10.1 Å². The first kappa shape index (κ1) is 36.0. The van der Waals surface area contributed by atoms with Crippen molar-refractivity contribution in [1.82, 2.24) is 26.6 Å². The number of carbonyl (C=O) groups is 6. The van der Waals surface area contributed by atoms with Crippen LogP contribution in [0.25, 0.3) is 0 Å². The third kappa shape index (κ3) is 11.8. The number of esters is 1. The summed E-state index contributed by atoms with van der Waals surface area (Å²) in [6.45, 7) is 9.78. The van der Waals surface area contributed by atoms with E-state index in [1.54, 1.807) is 26.0 Å². The molecule has 0 spiro atoms. The Kier molecular flexibility index (Phi) is 14.1. The molecule has 1 fully saturated rings. The highest BCUT2D eigenvalue weighted by Crippen LogP contribution is 2.15. The van der Waals surface area contributed by atoms with Gasteiger partial charge in [0.1, 0.15) is 18.1 Å². The lowest BCUT2D eigenvalue weighted by molar-refractivity contribution is -0.160. The van der Waals surface area contributed by atoms with E-state index in [0.29, 0.717) is 5.56 Å². The predicted molar refractivity (Wildman–Crippen MR) is 159 cm³/mol. The molecule has 14 nitrogen and oxygen atoms in total. The maximum atomic E-state index is 13.3. The number of hydrogen-bond donors (Lipinski definition) is 6. The zero-order chi connectivity index (χ0) is 33.0. The van der Waals surface area contributed by atoms with Gasteiger partial charge in [0.15, 0.2) is 11.9 Å². The summed E-state index contributed by atoms with van der Waals surface area (Å²) < 4.78 is 5.54. The van der Waals surface area contributed by atoms with Gasteiger partial charge in [-0.3, -0.25) is 24.0 Å². The van der Waals surface area contributed by atoms with Gasteiger partial charge in [0.05, 0.1) is 13.1 Å². The van der Waals surface area contributed by atoms with E-state index in [1.807, 2.05) is 27.7 Å². The minimum Gasteiger partial charge on any atom is -0.451 e. The van der Waals surface area contributed by atoms with Crippen molar-refractivity contribution in [2.75, 3.05) is 13.1 Å². The number of nitrogens with one attached hydrogen (secondary N) is 5. The quantitative estimate of drug-likeness (QED) is 0.136. The third-order valence-electron chi connectivity index (χ3n) is 6.78. The number of amides is 5. The summed E-state index contributed by atoms with van der Waals surface area (Å²) in [6.07, 6.45) is -0.839. The molecule has 244 valence electrons. The number of rotatable bonds is 8. The first-order valence-electron chi connectivity index (χ1n) is 14.7. The smallest absolute Gasteiger partial charge is 0.329 e. The Hall–Kier alpha value is -4.20. The molecule has 0 saturated carbocycles. The number of hydrogen-bond acceptors (Lipinski definition) is 9. The second-order valence-electron chi connectivity index (χ2n) is 12.0. The van der Waals surface area contributed by atoms with E-state index < -0.39 is 78.7 Å². The fraction of sp³-hybridized carbons (Fsp3) is 0.600. The molecule has 1 aliphatic heterocycles. The SMILES string of the molecule is CC(C)CC1NC(=O)CNC(=O)C(Cc2ccc(OO)cc2)NC(=O)C(C(C)C)NC(=O)CNC(=O)C(CC(C)C)OC1=O. The van der Waals surface area contributed by atoms with Crippen molar-refractivity contribution < 1.29 is 43.6 Å². The predicted octanol–water partition coefficient (Wildman–Crippen LogP) is 0.441. The Morgan fingerprint density at radius 3 is 1.86 bits per heavy atom. The number of ether oxygens (including phenoxy) is 1. The molecule has 44 heavy (non-hydrogen) atoms. The van der Waals surface area contributed by atoms with Crippen molar-refractivity contribution in [1.29, 1.82) is 0 Å². The minimum atomic E-state index is -1.22. The van der Waals surface area contributed by atoms with Crippen LogP contribution in [-0.4, -0.2) is 78.1 Å². The summed E-state index contributed by atoms with van der Waals surface area (Å²) in [5.74, 6) is -4.46. The van der Waals surface area contributed by atoms with E-state index in [0.717, 1.165) is 0 Å². The summed E-state index contributed by atoms with van der Waals surface area (Å²) in [5.41, 5.74) is 0.599. The molecular formula is C30H45N5O9. The zero-order valence-corrected chi connectivity index (χ0v) is 26.1. The van der Waals surface area contributed by atoms with E-state index in [-0.39, 0.29) is 36.8 Å². The van der Waals surface area contributed by atoms with Crippen molar-refractivity contribution >= 4 is 35.5 Å². The molecule has 1 aromatic rings. The lowest BCUT2D eigenvalue weighted by Crippen LogP contribution is -2.58. The highest BCUT2D eigenvalue weighted by Gasteiger charge is 2.33. The molecule has 4 atom stereocenters. The van der Waals surface area contributed by atoms with Crippen LogP contribution in [-0.2, 0) is 39.9 Å². The van der Waals surface area contributed by atoms with Gasteiger partial charge in [0.25, 0.3) is 5.91 Å². The van der Waals surface area contributed by atoms with Crippen LogP contribution >= 0.6 is 0 Å². The molecule has 0 radical (unpaired) electrons. The molecule has 14 heteroatoms. The molecule has 5 amide bonds. The molecule has 0 bridgehead atoms. The van der Waals surface area contributed by atoms with Gasteiger partial charge < -0.3 is 36.2 Å². The molecular weight excluding hydrogens is 574 g/mol. The van der Waals surface area contributed by atoms with Crippen LogP contribution in [0.4, 0.5) is 0 Å². The average molecular weight is 620 g/mol. The van der Waals surface area contributed by atoms with E-state index in [4.69, 9.17) is 9.99 Å². The summed E-state index contributed by atoms with van der Waals surface area (Å²) in [6, 6.07) is 2.77. The van der Waals surface area contributed by atoms with Gasteiger partial charge in [0, 0.05) is 6.42 Å². The van der Waals surface area contributed by atoms with E-state index >= 15 is 0 Å². The van der Waals surface area contributed by atoms with Gasteiger partial charge >= 0.3 is 5.97 Å². The second kappa shape index (κ2) is 17.2. The standard InChI is InChI=1S/C30H45N5O9/c1-16(2)11-22-30(41)43-23(12-17(3)4)28(39)32-15-25(37)35-26(18(5)6)29(40)34-21(27(38)31-14-24(36)33-22)13-19-7-9-20(44-42)10-8-19/h7-10,16-18,21-23,26,42H,11-15H2,1-6H3,(H,31,38)(H,32,39)(H,33,36)(H,34,40)(H,35,37). The monoisotopic (exact) mass is 619 g/mol. The van der Waals surface area contributed by atoms with Crippen molar-refractivity contribution in [2.45, 2.75) is 85.0 Å². The number of carbonyl (C=O) groups excluding carboxylic acids is 6. The van der Waals surface area contributed by atoms with Crippen LogP contribution in [0.5, 0.6) is 5.75 Å². The van der Waals surface area contributed by atoms with Crippen molar-refractivity contribution in [3.8, 4) is 5.75 Å². The van der Waals surface area contributed by atoms with E-state index in [2.05, 4.69) is 31.5 Å². The van der Waals surface area contributed by atoms with Crippen molar-refractivity contribution in [2.24, 2.45) is 17.8 Å².